The van der Waals surface area contributed by atoms with E-state index < -0.39 is 5.91 Å². The number of carbonyl (C=O) groups excluding carboxylic acids is 2. The van der Waals surface area contributed by atoms with Crippen molar-refractivity contribution in [1.82, 2.24) is 4.90 Å². The van der Waals surface area contributed by atoms with Gasteiger partial charge in [0.15, 0.2) is 6.29 Å². The van der Waals surface area contributed by atoms with E-state index in [1.54, 1.807) is 4.90 Å². The highest BCUT2D eigenvalue weighted by molar-refractivity contribution is 5.88. The molecule has 0 aromatic rings. The number of amides is 2. The van der Waals surface area contributed by atoms with Crippen LogP contribution in [0.2, 0.25) is 0 Å². The second-order valence-electron chi connectivity index (χ2n) is 3.77. The van der Waals surface area contributed by atoms with Crippen LogP contribution in [-0.2, 0) is 19.1 Å². The van der Waals surface area contributed by atoms with Gasteiger partial charge in [-0.15, -0.1) is 0 Å². The van der Waals surface area contributed by atoms with Gasteiger partial charge in [-0.05, 0) is 0 Å². The van der Waals surface area contributed by atoms with E-state index in [1.165, 1.54) is 0 Å². The van der Waals surface area contributed by atoms with Gasteiger partial charge in [0, 0.05) is 13.0 Å². The Balaban J connectivity index is 1.87. The van der Waals surface area contributed by atoms with Gasteiger partial charge in [-0.1, -0.05) is 0 Å². The number of ether oxygens (including phenoxy) is 2. The molecule has 1 atom stereocenters. The monoisotopic (exact) mass is 214 g/mol. The van der Waals surface area contributed by atoms with Crippen LogP contribution in [0, 0.1) is 5.92 Å². The van der Waals surface area contributed by atoms with E-state index in [0.717, 1.165) is 0 Å². The maximum atomic E-state index is 11.5. The first-order chi connectivity index (χ1) is 7.16. The third kappa shape index (κ3) is 2.27. The lowest BCUT2D eigenvalue weighted by molar-refractivity contribution is -0.133. The largest absolute Gasteiger partial charge is 0.369 e. The highest BCUT2D eigenvalue weighted by Gasteiger charge is 2.35. The van der Waals surface area contributed by atoms with Crippen LogP contribution in [-0.4, -0.2) is 49.3 Å². The zero-order valence-electron chi connectivity index (χ0n) is 8.35. The number of hydrogen-bond acceptors (Lipinski definition) is 4. The summed E-state index contributed by atoms with van der Waals surface area (Å²) in [5.74, 6) is -0.837. The van der Waals surface area contributed by atoms with Gasteiger partial charge in [0.25, 0.3) is 0 Å². The van der Waals surface area contributed by atoms with Crippen molar-refractivity contribution in [3.8, 4) is 0 Å². The summed E-state index contributed by atoms with van der Waals surface area (Å²) in [6.45, 7) is 1.90. The minimum absolute atomic E-state index is 0.0575. The Kier molecular flexibility index (Phi) is 2.88. The Bertz CT molecular complexity index is 275. The molecule has 2 saturated heterocycles. The molecule has 0 bridgehead atoms. The fraction of sp³-hybridized carbons (Fsp3) is 0.778. The van der Waals surface area contributed by atoms with Crippen LogP contribution >= 0.6 is 0 Å². The number of likely N-dealkylation sites (tertiary alicyclic amines) is 1. The molecule has 2 amide bonds. The van der Waals surface area contributed by atoms with Crippen molar-refractivity contribution in [2.75, 3.05) is 26.3 Å². The molecule has 84 valence electrons. The van der Waals surface area contributed by atoms with Crippen LogP contribution in [0.25, 0.3) is 0 Å². The summed E-state index contributed by atoms with van der Waals surface area (Å²) in [5, 5.41) is 0. The van der Waals surface area contributed by atoms with E-state index in [1.807, 2.05) is 0 Å². The van der Waals surface area contributed by atoms with Gasteiger partial charge >= 0.3 is 0 Å². The Morgan fingerprint density at radius 1 is 1.47 bits per heavy atom. The summed E-state index contributed by atoms with van der Waals surface area (Å²) in [6.07, 6.45) is -0.136. The van der Waals surface area contributed by atoms with Gasteiger partial charge in [0.05, 0.1) is 25.7 Å². The van der Waals surface area contributed by atoms with E-state index in [2.05, 4.69) is 0 Å². The summed E-state index contributed by atoms with van der Waals surface area (Å²) < 4.78 is 10.5. The van der Waals surface area contributed by atoms with Crippen LogP contribution in [0.1, 0.15) is 6.42 Å². The maximum Gasteiger partial charge on any atom is 0.223 e. The Morgan fingerprint density at radius 3 is 2.67 bits per heavy atom. The molecule has 1 unspecified atom stereocenters. The van der Waals surface area contributed by atoms with Crippen molar-refractivity contribution in [1.29, 1.82) is 0 Å². The molecule has 0 aromatic heterocycles. The van der Waals surface area contributed by atoms with Crippen LogP contribution in [0.5, 0.6) is 0 Å². The minimum atomic E-state index is -0.417. The molecule has 0 spiro atoms. The maximum absolute atomic E-state index is 11.5. The zero-order chi connectivity index (χ0) is 10.8. The molecule has 0 radical (unpaired) electrons. The molecule has 0 aromatic carbocycles. The molecule has 2 aliphatic heterocycles. The number of hydrogen-bond donors (Lipinski definition) is 1. The predicted molar refractivity (Wildman–Crippen MR) is 49.6 cm³/mol. The molecule has 2 N–H and O–H groups in total. The summed E-state index contributed by atoms with van der Waals surface area (Å²) in [4.78, 5) is 24.0. The van der Waals surface area contributed by atoms with Gasteiger partial charge in [-0.25, -0.2) is 0 Å². The van der Waals surface area contributed by atoms with Gasteiger partial charge < -0.3 is 20.1 Å². The van der Waals surface area contributed by atoms with Crippen molar-refractivity contribution in [3.05, 3.63) is 0 Å². The lowest BCUT2D eigenvalue weighted by atomic mass is 10.1. The lowest BCUT2D eigenvalue weighted by Gasteiger charge is -2.19. The van der Waals surface area contributed by atoms with E-state index in [0.29, 0.717) is 26.3 Å². The molecule has 6 heteroatoms. The predicted octanol–water partition coefficient (Wildman–Crippen LogP) is -1.31. The highest BCUT2D eigenvalue weighted by Crippen LogP contribution is 2.19. The minimum Gasteiger partial charge on any atom is -0.369 e. The Labute approximate surface area is 87.3 Å². The second-order valence-corrected chi connectivity index (χ2v) is 3.77. The fourth-order valence-electron chi connectivity index (χ4n) is 1.83. The lowest BCUT2D eigenvalue weighted by Crippen LogP contribution is -2.35. The van der Waals surface area contributed by atoms with Crippen molar-refractivity contribution in [2.24, 2.45) is 11.7 Å². The van der Waals surface area contributed by atoms with Crippen LogP contribution < -0.4 is 5.73 Å². The molecule has 0 saturated carbocycles. The summed E-state index contributed by atoms with van der Waals surface area (Å²) in [5.41, 5.74) is 5.15. The molecule has 6 nitrogen and oxygen atoms in total. The zero-order valence-corrected chi connectivity index (χ0v) is 8.35. The molecule has 15 heavy (non-hydrogen) atoms. The van der Waals surface area contributed by atoms with Crippen molar-refractivity contribution in [2.45, 2.75) is 12.7 Å². The molecular weight excluding hydrogens is 200 g/mol. The summed E-state index contributed by atoms with van der Waals surface area (Å²) in [6, 6.07) is 0. The molecule has 2 rings (SSSR count). The Hall–Kier alpha value is -1.14. The smallest absolute Gasteiger partial charge is 0.223 e. The number of carbonyl (C=O) groups is 2. The van der Waals surface area contributed by atoms with E-state index in [-0.39, 0.29) is 24.5 Å². The highest BCUT2D eigenvalue weighted by atomic mass is 16.7. The molecule has 0 aliphatic carbocycles. The first kappa shape index (κ1) is 10.4. The van der Waals surface area contributed by atoms with Crippen LogP contribution in [0.3, 0.4) is 0 Å². The third-order valence-electron chi connectivity index (χ3n) is 2.68. The molecule has 2 heterocycles. The third-order valence-corrected chi connectivity index (χ3v) is 2.68. The van der Waals surface area contributed by atoms with Gasteiger partial charge in [-0.2, -0.15) is 0 Å². The van der Waals surface area contributed by atoms with Gasteiger partial charge in [-0.3, -0.25) is 9.59 Å². The first-order valence-electron chi connectivity index (χ1n) is 4.97. The second kappa shape index (κ2) is 4.16. The van der Waals surface area contributed by atoms with Crippen LogP contribution in [0.4, 0.5) is 0 Å². The number of rotatable bonds is 3. The number of nitrogens with zero attached hydrogens (tertiary/aromatic N) is 1. The van der Waals surface area contributed by atoms with E-state index >= 15 is 0 Å². The number of nitrogens with two attached hydrogens (primary N) is 1. The molecular formula is C9H14N2O4. The quantitative estimate of drug-likeness (QED) is 0.632. The summed E-state index contributed by atoms with van der Waals surface area (Å²) >= 11 is 0. The van der Waals surface area contributed by atoms with Gasteiger partial charge in [0.1, 0.15) is 0 Å². The summed E-state index contributed by atoms with van der Waals surface area (Å²) in [7, 11) is 0. The molecule has 2 aliphatic rings. The van der Waals surface area contributed by atoms with Crippen molar-refractivity contribution < 1.29 is 19.1 Å². The fourth-order valence-corrected chi connectivity index (χ4v) is 1.83. The Morgan fingerprint density at radius 2 is 2.13 bits per heavy atom. The standard InChI is InChI=1S/C9H14N2O4/c10-9(13)6-3-7(12)11(4-6)5-8-14-1-2-15-8/h6,8H,1-5H2,(H2,10,13). The van der Waals surface area contributed by atoms with Gasteiger partial charge in [0.2, 0.25) is 11.8 Å². The molecule has 2 fully saturated rings. The van der Waals surface area contributed by atoms with E-state index in [9.17, 15) is 9.59 Å². The topological polar surface area (TPSA) is 81.9 Å². The number of primary amides is 1. The average molecular weight is 214 g/mol. The average Bonchev–Trinajstić information content (AvgIpc) is 2.77. The SMILES string of the molecule is NC(=O)C1CC(=O)N(CC2OCCO2)C1. The normalized spacial score (nSPS) is 27.6. The van der Waals surface area contributed by atoms with Crippen molar-refractivity contribution >= 4 is 11.8 Å². The van der Waals surface area contributed by atoms with Crippen molar-refractivity contribution in [3.63, 3.8) is 0 Å². The van der Waals surface area contributed by atoms with Crippen LogP contribution in [0.15, 0.2) is 0 Å². The first-order valence-corrected chi connectivity index (χ1v) is 4.97. The van der Waals surface area contributed by atoms with E-state index in [4.69, 9.17) is 15.2 Å².